The highest BCUT2D eigenvalue weighted by molar-refractivity contribution is 5.94. The molecule has 2 heterocycles. The summed E-state index contributed by atoms with van der Waals surface area (Å²) in [5, 5.41) is 5.13. The summed E-state index contributed by atoms with van der Waals surface area (Å²) in [6.45, 7) is 7.88. The van der Waals surface area contributed by atoms with E-state index in [1.165, 1.54) is 12.5 Å². The van der Waals surface area contributed by atoms with Gasteiger partial charge in [-0.2, -0.15) is 4.98 Å². The number of hydrogen-bond acceptors (Lipinski definition) is 5. The Balaban J connectivity index is 1.74. The number of furan rings is 1. The normalized spacial score (nSPS) is 11.4. The lowest BCUT2D eigenvalue weighted by atomic mass is 9.97. The maximum Gasteiger partial charge on any atom is 0.293 e. The number of fused-ring (bicyclic) bond motifs is 1. The van der Waals surface area contributed by atoms with Crippen LogP contribution in [0.5, 0.6) is 0 Å². The van der Waals surface area contributed by atoms with Gasteiger partial charge in [0.1, 0.15) is 5.58 Å². The summed E-state index contributed by atoms with van der Waals surface area (Å²) in [5.74, 6) is 1.76. The quantitative estimate of drug-likeness (QED) is 0.431. The minimum atomic E-state index is 0.0222. The molecule has 0 spiro atoms. The Morgan fingerprint density at radius 1 is 1.07 bits per heavy atom. The van der Waals surface area contributed by atoms with Crippen molar-refractivity contribution >= 4 is 16.8 Å². The van der Waals surface area contributed by atoms with Gasteiger partial charge in [-0.3, -0.25) is 4.79 Å². The van der Waals surface area contributed by atoms with Crippen LogP contribution >= 0.6 is 0 Å². The maximum absolute atomic E-state index is 11.4. The Morgan fingerprint density at radius 2 is 1.81 bits per heavy atom. The van der Waals surface area contributed by atoms with Gasteiger partial charge in [0.2, 0.25) is 5.82 Å². The highest BCUT2D eigenvalue weighted by Crippen LogP contribution is 2.34. The molecular weight excluding hydrogens is 340 g/mol. The zero-order chi connectivity index (χ0) is 19.1. The van der Waals surface area contributed by atoms with Crippen LogP contribution in [-0.4, -0.2) is 15.9 Å². The first-order chi connectivity index (χ1) is 12.9. The lowest BCUT2D eigenvalue weighted by Gasteiger charge is -2.07. The molecule has 0 fully saturated rings. The standard InChI is InChI=1S/C22H20N2O3/c1-12(2)17-10-5-13(3)20-18(17)11-19(26-20)22-23-21(24-27-22)16-8-6-15(7-9-16)14(4)25/h5-12H,1-4H3. The van der Waals surface area contributed by atoms with Crippen LogP contribution in [0.3, 0.4) is 0 Å². The minimum absolute atomic E-state index is 0.0222. The summed E-state index contributed by atoms with van der Waals surface area (Å²) in [6, 6.07) is 13.3. The fourth-order valence-corrected chi connectivity index (χ4v) is 3.18. The van der Waals surface area contributed by atoms with Crippen LogP contribution in [0, 0.1) is 6.92 Å². The van der Waals surface area contributed by atoms with Gasteiger partial charge in [-0.25, -0.2) is 0 Å². The smallest absolute Gasteiger partial charge is 0.293 e. The summed E-state index contributed by atoms with van der Waals surface area (Å²) >= 11 is 0. The maximum atomic E-state index is 11.4. The average molecular weight is 360 g/mol. The fourth-order valence-electron chi connectivity index (χ4n) is 3.18. The Kier molecular flexibility index (Phi) is 4.15. The second kappa shape index (κ2) is 6.50. The van der Waals surface area contributed by atoms with E-state index in [0.717, 1.165) is 22.1 Å². The largest absolute Gasteiger partial charge is 0.451 e. The molecule has 0 aliphatic heterocycles. The third-order valence-electron chi connectivity index (χ3n) is 4.72. The van der Waals surface area contributed by atoms with Crippen molar-refractivity contribution in [3.63, 3.8) is 0 Å². The summed E-state index contributed by atoms with van der Waals surface area (Å²) in [6.07, 6.45) is 0. The van der Waals surface area contributed by atoms with Gasteiger partial charge in [0.15, 0.2) is 11.5 Å². The molecule has 0 radical (unpaired) electrons. The molecule has 0 atom stereocenters. The molecule has 0 unspecified atom stereocenters. The van der Waals surface area contributed by atoms with Crippen molar-refractivity contribution in [1.82, 2.24) is 10.1 Å². The van der Waals surface area contributed by atoms with E-state index in [1.54, 1.807) is 12.1 Å². The van der Waals surface area contributed by atoms with E-state index in [9.17, 15) is 4.79 Å². The van der Waals surface area contributed by atoms with E-state index in [-0.39, 0.29) is 5.78 Å². The number of carbonyl (C=O) groups is 1. The molecule has 2 aromatic carbocycles. The molecule has 0 bridgehead atoms. The van der Waals surface area contributed by atoms with Crippen LogP contribution in [0.4, 0.5) is 0 Å². The first-order valence-corrected chi connectivity index (χ1v) is 8.92. The summed E-state index contributed by atoms with van der Waals surface area (Å²) in [4.78, 5) is 15.9. The minimum Gasteiger partial charge on any atom is -0.451 e. The molecule has 27 heavy (non-hydrogen) atoms. The van der Waals surface area contributed by atoms with Gasteiger partial charge in [-0.1, -0.05) is 55.4 Å². The first-order valence-electron chi connectivity index (χ1n) is 8.92. The number of carbonyl (C=O) groups excluding carboxylic acids is 1. The van der Waals surface area contributed by atoms with Crippen molar-refractivity contribution < 1.29 is 13.7 Å². The predicted octanol–water partition coefficient (Wildman–Crippen LogP) is 5.78. The number of nitrogens with zero attached hydrogens (tertiary/aromatic N) is 2. The lowest BCUT2D eigenvalue weighted by molar-refractivity contribution is 0.101. The number of hydrogen-bond donors (Lipinski definition) is 0. The second-order valence-corrected chi connectivity index (χ2v) is 7.04. The Hall–Kier alpha value is -3.21. The van der Waals surface area contributed by atoms with Crippen LogP contribution in [0.2, 0.25) is 0 Å². The third-order valence-corrected chi connectivity index (χ3v) is 4.72. The van der Waals surface area contributed by atoms with Crippen molar-refractivity contribution in [2.45, 2.75) is 33.6 Å². The summed E-state index contributed by atoms with van der Waals surface area (Å²) in [7, 11) is 0. The monoisotopic (exact) mass is 360 g/mol. The van der Waals surface area contributed by atoms with Gasteiger partial charge in [0, 0.05) is 16.5 Å². The van der Waals surface area contributed by atoms with Crippen molar-refractivity contribution in [2.24, 2.45) is 0 Å². The molecule has 2 aromatic heterocycles. The van der Waals surface area contributed by atoms with Gasteiger partial charge in [-0.15, -0.1) is 0 Å². The Labute approximate surface area is 157 Å². The SMILES string of the molecule is CC(=O)c1ccc(-c2noc(-c3cc4c(C(C)C)ccc(C)c4o3)n2)cc1. The molecule has 0 saturated carbocycles. The molecule has 4 aromatic rings. The molecule has 0 aliphatic carbocycles. The van der Waals surface area contributed by atoms with Crippen molar-refractivity contribution in [1.29, 1.82) is 0 Å². The number of aryl methyl sites for hydroxylation is 1. The topological polar surface area (TPSA) is 69.1 Å². The predicted molar refractivity (Wildman–Crippen MR) is 104 cm³/mol. The van der Waals surface area contributed by atoms with Crippen LogP contribution in [0.1, 0.15) is 48.2 Å². The van der Waals surface area contributed by atoms with Gasteiger partial charge in [0.25, 0.3) is 5.89 Å². The average Bonchev–Trinajstić information content (AvgIpc) is 3.29. The highest BCUT2D eigenvalue weighted by atomic mass is 16.5. The zero-order valence-corrected chi connectivity index (χ0v) is 15.7. The zero-order valence-electron chi connectivity index (χ0n) is 15.7. The van der Waals surface area contributed by atoms with E-state index >= 15 is 0 Å². The first kappa shape index (κ1) is 17.2. The van der Waals surface area contributed by atoms with Crippen molar-refractivity contribution in [2.75, 3.05) is 0 Å². The van der Waals surface area contributed by atoms with E-state index in [0.29, 0.717) is 29.0 Å². The third kappa shape index (κ3) is 3.05. The molecule has 5 heteroatoms. The number of benzene rings is 2. The van der Waals surface area contributed by atoms with E-state index in [2.05, 4.69) is 36.1 Å². The van der Waals surface area contributed by atoms with Crippen molar-refractivity contribution in [3.05, 3.63) is 59.2 Å². The lowest BCUT2D eigenvalue weighted by Crippen LogP contribution is -1.91. The number of rotatable bonds is 4. The summed E-state index contributed by atoms with van der Waals surface area (Å²) < 4.78 is 11.5. The Bertz CT molecular complexity index is 1130. The van der Waals surface area contributed by atoms with Gasteiger partial charge in [-0.05, 0) is 37.0 Å². The van der Waals surface area contributed by atoms with Crippen LogP contribution in [0.15, 0.2) is 51.4 Å². The van der Waals surface area contributed by atoms with Gasteiger partial charge < -0.3 is 8.94 Å². The second-order valence-electron chi connectivity index (χ2n) is 7.04. The summed E-state index contributed by atoms with van der Waals surface area (Å²) in [5.41, 5.74) is 4.58. The number of ketones is 1. The van der Waals surface area contributed by atoms with Crippen molar-refractivity contribution in [3.8, 4) is 23.0 Å². The van der Waals surface area contributed by atoms with Gasteiger partial charge in [0.05, 0.1) is 0 Å². The molecular formula is C22H20N2O3. The fraction of sp³-hybridized carbons (Fsp3) is 0.227. The molecule has 0 saturated heterocycles. The molecule has 4 rings (SSSR count). The van der Waals surface area contributed by atoms with Gasteiger partial charge >= 0.3 is 0 Å². The van der Waals surface area contributed by atoms with Crippen LogP contribution < -0.4 is 0 Å². The molecule has 0 N–H and O–H groups in total. The number of aromatic nitrogens is 2. The van der Waals surface area contributed by atoms with Crippen LogP contribution in [0.25, 0.3) is 34.0 Å². The van der Waals surface area contributed by atoms with E-state index < -0.39 is 0 Å². The highest BCUT2D eigenvalue weighted by Gasteiger charge is 2.18. The molecule has 5 nitrogen and oxygen atoms in total. The van der Waals surface area contributed by atoms with E-state index in [4.69, 9.17) is 8.94 Å². The molecule has 136 valence electrons. The number of Topliss-reactive ketones (excluding diaryl/α,β-unsaturated/α-hetero) is 1. The van der Waals surface area contributed by atoms with Crippen LogP contribution in [-0.2, 0) is 0 Å². The van der Waals surface area contributed by atoms with E-state index in [1.807, 2.05) is 25.1 Å². The Morgan fingerprint density at radius 3 is 2.48 bits per heavy atom. The molecule has 0 amide bonds. The molecule has 0 aliphatic rings.